The Morgan fingerprint density at radius 3 is 2.53 bits per heavy atom. The molecule has 0 saturated carbocycles. The summed E-state index contributed by atoms with van der Waals surface area (Å²) in [5, 5.41) is 0.190. The Labute approximate surface area is 117 Å². The van der Waals surface area contributed by atoms with Crippen molar-refractivity contribution in [2.24, 2.45) is 7.05 Å². The summed E-state index contributed by atoms with van der Waals surface area (Å²) in [6.45, 7) is 5.27. The average Bonchev–Trinajstić information content (AvgIpc) is 2.59. The molecule has 6 nitrogen and oxygen atoms in total. The molecule has 0 spiro atoms. The number of hydrogen-bond acceptors (Lipinski definition) is 4. The average molecular weight is 288 g/mol. The van der Waals surface area contributed by atoms with E-state index in [4.69, 9.17) is 16.3 Å². The van der Waals surface area contributed by atoms with E-state index in [1.165, 1.54) is 18.3 Å². The van der Waals surface area contributed by atoms with Crippen LogP contribution >= 0.6 is 11.6 Å². The number of halogens is 1. The molecule has 1 unspecified atom stereocenters. The second-order valence-corrected chi connectivity index (χ2v) is 5.56. The van der Waals surface area contributed by atoms with E-state index >= 15 is 0 Å². The van der Waals surface area contributed by atoms with Crippen LogP contribution in [0.15, 0.2) is 6.33 Å². The SMILES string of the molecule is CN(C(=O)OC(C)(C)C)C(C=O)c1c(Cl)ncn1C. The zero-order valence-electron chi connectivity index (χ0n) is 11.7. The molecule has 1 atom stereocenters. The molecule has 1 heterocycles. The quantitative estimate of drug-likeness (QED) is 0.799. The number of imidazole rings is 1. The van der Waals surface area contributed by atoms with Crippen molar-refractivity contribution in [1.82, 2.24) is 14.5 Å². The second kappa shape index (κ2) is 5.61. The van der Waals surface area contributed by atoms with Gasteiger partial charge in [0.25, 0.3) is 0 Å². The van der Waals surface area contributed by atoms with E-state index in [1.807, 2.05) is 0 Å². The van der Waals surface area contributed by atoms with Crippen molar-refractivity contribution in [1.29, 1.82) is 0 Å². The molecule has 0 fully saturated rings. The molecule has 0 aliphatic rings. The Hall–Kier alpha value is -1.56. The Bertz CT molecular complexity index is 460. The first kappa shape index (κ1) is 15.5. The summed E-state index contributed by atoms with van der Waals surface area (Å²) in [4.78, 5) is 28.3. The van der Waals surface area contributed by atoms with Crippen molar-refractivity contribution in [2.45, 2.75) is 32.4 Å². The highest BCUT2D eigenvalue weighted by molar-refractivity contribution is 6.30. The van der Waals surface area contributed by atoms with Crippen LogP contribution in [0.3, 0.4) is 0 Å². The molecule has 0 N–H and O–H groups in total. The summed E-state index contributed by atoms with van der Waals surface area (Å²) in [6, 6.07) is -0.838. The van der Waals surface area contributed by atoms with Crippen molar-refractivity contribution < 1.29 is 14.3 Å². The number of nitrogens with zero attached hydrogens (tertiary/aromatic N) is 3. The molecule has 19 heavy (non-hydrogen) atoms. The van der Waals surface area contributed by atoms with Gasteiger partial charge in [-0.05, 0) is 20.8 Å². The molecule has 0 aliphatic carbocycles. The maximum atomic E-state index is 11.9. The highest BCUT2D eigenvalue weighted by atomic mass is 35.5. The van der Waals surface area contributed by atoms with E-state index in [0.29, 0.717) is 12.0 Å². The Balaban J connectivity index is 2.98. The third kappa shape index (κ3) is 3.70. The van der Waals surface area contributed by atoms with Gasteiger partial charge in [-0.3, -0.25) is 4.90 Å². The molecule has 7 heteroatoms. The van der Waals surface area contributed by atoms with Crippen LogP contribution in [0, 0.1) is 0 Å². The fourth-order valence-corrected chi connectivity index (χ4v) is 1.82. The van der Waals surface area contributed by atoms with Gasteiger partial charge in [0.1, 0.15) is 17.9 Å². The molecule has 0 aliphatic heterocycles. The third-order valence-electron chi connectivity index (χ3n) is 2.44. The standard InChI is InChI=1S/C12H18ClN3O3/c1-12(2,3)19-11(18)16(5)8(6-17)9-10(13)14-7-15(9)4/h6-8H,1-5H3. The minimum Gasteiger partial charge on any atom is -0.444 e. The number of hydrogen-bond donors (Lipinski definition) is 0. The van der Waals surface area contributed by atoms with Crippen molar-refractivity contribution in [2.75, 3.05) is 7.05 Å². The lowest BCUT2D eigenvalue weighted by Gasteiger charge is -2.28. The summed E-state index contributed by atoms with van der Waals surface area (Å²) in [5.41, 5.74) is -0.181. The van der Waals surface area contributed by atoms with Gasteiger partial charge < -0.3 is 14.1 Å². The maximum absolute atomic E-state index is 11.9. The molecule has 0 radical (unpaired) electrons. The fourth-order valence-electron chi connectivity index (χ4n) is 1.53. The molecular formula is C12H18ClN3O3. The summed E-state index contributed by atoms with van der Waals surface area (Å²) < 4.78 is 6.81. The summed E-state index contributed by atoms with van der Waals surface area (Å²) in [7, 11) is 3.18. The summed E-state index contributed by atoms with van der Waals surface area (Å²) in [6.07, 6.45) is 1.52. The first-order valence-electron chi connectivity index (χ1n) is 5.75. The van der Waals surface area contributed by atoms with Gasteiger partial charge in [0.15, 0.2) is 5.15 Å². The van der Waals surface area contributed by atoms with Crippen LogP contribution in [-0.2, 0) is 16.6 Å². The van der Waals surface area contributed by atoms with Crippen molar-refractivity contribution >= 4 is 24.0 Å². The van der Waals surface area contributed by atoms with Crippen LogP contribution in [0.25, 0.3) is 0 Å². The number of amides is 1. The molecule has 1 amide bonds. The molecule has 0 bridgehead atoms. The van der Waals surface area contributed by atoms with E-state index in [0.717, 1.165) is 0 Å². The number of rotatable bonds is 3. The van der Waals surface area contributed by atoms with Crippen LogP contribution in [0.5, 0.6) is 0 Å². The summed E-state index contributed by atoms with van der Waals surface area (Å²) >= 11 is 5.93. The Morgan fingerprint density at radius 1 is 1.58 bits per heavy atom. The number of likely N-dealkylation sites (N-methyl/N-ethyl adjacent to an activating group) is 1. The van der Waals surface area contributed by atoms with Gasteiger partial charge in [-0.2, -0.15) is 0 Å². The van der Waals surface area contributed by atoms with Crippen LogP contribution < -0.4 is 0 Å². The molecule has 0 aromatic carbocycles. The predicted octanol–water partition coefficient (Wildman–Crippen LogP) is 2.18. The molecule has 1 rings (SSSR count). The highest BCUT2D eigenvalue weighted by Crippen LogP contribution is 2.25. The minimum atomic E-state index is -0.838. The number of ether oxygens (including phenoxy) is 1. The predicted molar refractivity (Wildman–Crippen MR) is 71.0 cm³/mol. The number of aryl methyl sites for hydroxylation is 1. The number of carbonyl (C=O) groups excluding carboxylic acids is 2. The normalized spacial score (nSPS) is 12.9. The zero-order chi connectivity index (χ0) is 14.8. The minimum absolute atomic E-state index is 0.190. The van der Waals surface area contributed by atoms with Crippen LogP contribution in [0.4, 0.5) is 4.79 Å². The van der Waals surface area contributed by atoms with Gasteiger partial charge in [0.05, 0.1) is 12.0 Å². The topological polar surface area (TPSA) is 64.4 Å². The van der Waals surface area contributed by atoms with Gasteiger partial charge in [-0.1, -0.05) is 11.6 Å². The van der Waals surface area contributed by atoms with Crippen LogP contribution in [0.2, 0.25) is 5.15 Å². The van der Waals surface area contributed by atoms with Crippen LogP contribution in [-0.4, -0.2) is 39.5 Å². The van der Waals surface area contributed by atoms with Gasteiger partial charge >= 0.3 is 6.09 Å². The van der Waals surface area contributed by atoms with Gasteiger partial charge in [-0.15, -0.1) is 0 Å². The van der Waals surface area contributed by atoms with Gasteiger partial charge in [-0.25, -0.2) is 9.78 Å². The molecule has 106 valence electrons. The Morgan fingerprint density at radius 2 is 2.16 bits per heavy atom. The first-order chi connectivity index (χ1) is 8.67. The smallest absolute Gasteiger partial charge is 0.410 e. The van der Waals surface area contributed by atoms with E-state index in [2.05, 4.69) is 4.98 Å². The van der Waals surface area contributed by atoms with Crippen molar-refractivity contribution in [3.63, 3.8) is 0 Å². The van der Waals surface area contributed by atoms with E-state index in [9.17, 15) is 9.59 Å². The van der Waals surface area contributed by atoms with E-state index in [-0.39, 0.29) is 5.15 Å². The fraction of sp³-hybridized carbons (Fsp3) is 0.583. The molecule has 1 aromatic rings. The van der Waals surface area contributed by atoms with Crippen molar-refractivity contribution in [3.05, 3.63) is 17.2 Å². The largest absolute Gasteiger partial charge is 0.444 e. The molecular weight excluding hydrogens is 270 g/mol. The second-order valence-electron chi connectivity index (χ2n) is 5.20. The number of aldehydes is 1. The number of aromatic nitrogens is 2. The number of carbonyl (C=O) groups is 2. The monoisotopic (exact) mass is 287 g/mol. The third-order valence-corrected chi connectivity index (χ3v) is 2.73. The molecule has 1 aromatic heterocycles. The van der Waals surface area contributed by atoms with Crippen molar-refractivity contribution in [3.8, 4) is 0 Å². The highest BCUT2D eigenvalue weighted by Gasteiger charge is 2.29. The summed E-state index contributed by atoms with van der Waals surface area (Å²) in [5.74, 6) is 0. The van der Waals surface area contributed by atoms with Crippen LogP contribution in [0.1, 0.15) is 32.5 Å². The van der Waals surface area contributed by atoms with Gasteiger partial charge in [0, 0.05) is 14.1 Å². The maximum Gasteiger partial charge on any atom is 0.410 e. The lowest BCUT2D eigenvalue weighted by Crippen LogP contribution is -2.37. The Kier molecular flexibility index (Phi) is 4.57. The van der Waals surface area contributed by atoms with Gasteiger partial charge in [0.2, 0.25) is 0 Å². The van der Waals surface area contributed by atoms with E-state index < -0.39 is 17.7 Å². The van der Waals surface area contributed by atoms with E-state index in [1.54, 1.807) is 32.4 Å². The lowest BCUT2D eigenvalue weighted by molar-refractivity contribution is -0.112. The first-order valence-corrected chi connectivity index (χ1v) is 6.13. The molecule has 0 saturated heterocycles. The lowest BCUT2D eigenvalue weighted by atomic mass is 10.2. The zero-order valence-corrected chi connectivity index (χ0v) is 12.4.